The lowest BCUT2D eigenvalue weighted by Gasteiger charge is -2.28. The van der Waals surface area contributed by atoms with E-state index in [-0.39, 0.29) is 0 Å². The summed E-state index contributed by atoms with van der Waals surface area (Å²) < 4.78 is 31.0. The summed E-state index contributed by atoms with van der Waals surface area (Å²) in [4.78, 5) is 12.7. The molecular weight excluding hydrogens is 352 g/mol. The van der Waals surface area contributed by atoms with Crippen molar-refractivity contribution in [2.24, 2.45) is 0 Å². The SMILES string of the molecule is CCc1ccccc1NC(=O)C(C)N(c1cccc(OC)c1)S(C)(=O)=O. The van der Waals surface area contributed by atoms with E-state index in [9.17, 15) is 13.2 Å². The van der Waals surface area contributed by atoms with Gasteiger partial charge in [0.05, 0.1) is 19.1 Å². The largest absolute Gasteiger partial charge is 0.497 e. The molecule has 0 aliphatic carbocycles. The highest BCUT2D eigenvalue weighted by atomic mass is 32.2. The van der Waals surface area contributed by atoms with Crippen LogP contribution in [-0.4, -0.2) is 33.7 Å². The van der Waals surface area contributed by atoms with Crippen molar-refractivity contribution in [3.05, 3.63) is 54.1 Å². The molecule has 2 aromatic rings. The Hall–Kier alpha value is -2.54. The molecular formula is C19H24N2O4S. The van der Waals surface area contributed by atoms with E-state index in [1.54, 1.807) is 37.3 Å². The van der Waals surface area contributed by atoms with Gasteiger partial charge < -0.3 is 10.1 Å². The maximum absolute atomic E-state index is 12.7. The first-order valence-electron chi connectivity index (χ1n) is 8.30. The fourth-order valence-corrected chi connectivity index (χ4v) is 3.91. The van der Waals surface area contributed by atoms with Crippen molar-refractivity contribution < 1.29 is 17.9 Å². The number of carbonyl (C=O) groups excluding carboxylic acids is 1. The number of rotatable bonds is 7. The van der Waals surface area contributed by atoms with Crippen LogP contribution in [-0.2, 0) is 21.2 Å². The zero-order chi connectivity index (χ0) is 19.3. The van der Waals surface area contributed by atoms with Crippen LogP contribution in [0.4, 0.5) is 11.4 Å². The van der Waals surface area contributed by atoms with Gasteiger partial charge in [-0.2, -0.15) is 0 Å². The number of aryl methyl sites for hydroxylation is 1. The van der Waals surface area contributed by atoms with Crippen LogP contribution in [0.25, 0.3) is 0 Å². The van der Waals surface area contributed by atoms with Crippen LogP contribution in [0.5, 0.6) is 5.75 Å². The van der Waals surface area contributed by atoms with E-state index in [1.165, 1.54) is 7.11 Å². The highest BCUT2D eigenvalue weighted by Gasteiger charge is 2.29. The molecule has 0 saturated heterocycles. The predicted octanol–water partition coefficient (Wildman–Crippen LogP) is 3.05. The number of hydrogen-bond acceptors (Lipinski definition) is 4. The molecule has 0 aliphatic heterocycles. The lowest BCUT2D eigenvalue weighted by Crippen LogP contribution is -2.45. The van der Waals surface area contributed by atoms with Gasteiger partial charge in [0.1, 0.15) is 11.8 Å². The first-order chi connectivity index (χ1) is 12.3. The molecule has 7 heteroatoms. The van der Waals surface area contributed by atoms with Crippen LogP contribution < -0.4 is 14.4 Å². The zero-order valence-corrected chi connectivity index (χ0v) is 16.2. The molecule has 0 radical (unpaired) electrons. The van der Waals surface area contributed by atoms with Gasteiger partial charge in [0.2, 0.25) is 15.9 Å². The van der Waals surface area contributed by atoms with Crippen molar-refractivity contribution in [2.45, 2.75) is 26.3 Å². The van der Waals surface area contributed by atoms with Gasteiger partial charge >= 0.3 is 0 Å². The number of para-hydroxylation sites is 1. The van der Waals surface area contributed by atoms with Gasteiger partial charge in [0.15, 0.2) is 0 Å². The summed E-state index contributed by atoms with van der Waals surface area (Å²) in [5, 5.41) is 2.84. The number of hydrogen-bond donors (Lipinski definition) is 1. The van der Waals surface area contributed by atoms with Gasteiger partial charge in [0, 0.05) is 11.8 Å². The van der Waals surface area contributed by atoms with E-state index >= 15 is 0 Å². The Labute approximate surface area is 154 Å². The van der Waals surface area contributed by atoms with Gasteiger partial charge in [-0.25, -0.2) is 8.42 Å². The first-order valence-corrected chi connectivity index (χ1v) is 10.1. The number of sulfonamides is 1. The Morgan fingerprint density at radius 3 is 2.50 bits per heavy atom. The third-order valence-corrected chi connectivity index (χ3v) is 5.29. The Morgan fingerprint density at radius 2 is 1.88 bits per heavy atom. The van der Waals surface area contributed by atoms with E-state index in [1.807, 2.05) is 25.1 Å². The van der Waals surface area contributed by atoms with Gasteiger partial charge in [-0.3, -0.25) is 9.10 Å². The van der Waals surface area contributed by atoms with Crippen LogP contribution in [0.3, 0.4) is 0 Å². The lowest BCUT2D eigenvalue weighted by atomic mass is 10.1. The van der Waals surface area contributed by atoms with E-state index in [4.69, 9.17) is 4.74 Å². The topological polar surface area (TPSA) is 75.7 Å². The fourth-order valence-electron chi connectivity index (χ4n) is 2.74. The third-order valence-electron chi connectivity index (χ3n) is 4.05. The van der Waals surface area contributed by atoms with E-state index < -0.39 is 22.0 Å². The van der Waals surface area contributed by atoms with Crippen LogP contribution in [0.15, 0.2) is 48.5 Å². The number of anilines is 2. The second-order valence-electron chi connectivity index (χ2n) is 5.94. The molecule has 1 unspecified atom stereocenters. The van der Waals surface area contributed by atoms with Gasteiger partial charge in [-0.1, -0.05) is 31.2 Å². The van der Waals surface area contributed by atoms with Crippen LogP contribution >= 0.6 is 0 Å². The number of carbonyl (C=O) groups is 1. The van der Waals surface area contributed by atoms with Gasteiger partial charge in [-0.05, 0) is 37.1 Å². The summed E-state index contributed by atoms with van der Waals surface area (Å²) in [5.41, 5.74) is 2.05. The molecule has 0 heterocycles. The Morgan fingerprint density at radius 1 is 1.19 bits per heavy atom. The molecule has 0 aliphatic rings. The maximum atomic E-state index is 12.7. The van der Waals surface area contributed by atoms with Crippen molar-refractivity contribution in [1.82, 2.24) is 0 Å². The quantitative estimate of drug-likeness (QED) is 0.806. The molecule has 1 N–H and O–H groups in total. The smallest absolute Gasteiger partial charge is 0.248 e. The molecule has 1 atom stereocenters. The monoisotopic (exact) mass is 376 g/mol. The zero-order valence-electron chi connectivity index (χ0n) is 15.4. The van der Waals surface area contributed by atoms with E-state index in [0.29, 0.717) is 17.1 Å². The molecule has 6 nitrogen and oxygen atoms in total. The number of ether oxygens (including phenoxy) is 1. The highest BCUT2D eigenvalue weighted by molar-refractivity contribution is 7.92. The second kappa shape index (κ2) is 8.23. The van der Waals surface area contributed by atoms with Gasteiger partial charge in [-0.15, -0.1) is 0 Å². The summed E-state index contributed by atoms with van der Waals surface area (Å²) in [6, 6.07) is 13.2. The highest BCUT2D eigenvalue weighted by Crippen LogP contribution is 2.26. The van der Waals surface area contributed by atoms with E-state index in [0.717, 1.165) is 22.5 Å². The van der Waals surface area contributed by atoms with Crippen LogP contribution in [0.2, 0.25) is 0 Å². The maximum Gasteiger partial charge on any atom is 0.248 e. The minimum absolute atomic E-state index is 0.373. The molecule has 0 bridgehead atoms. The molecule has 0 spiro atoms. The Kier molecular flexibility index (Phi) is 6.26. The number of nitrogens with zero attached hydrogens (tertiary/aromatic N) is 1. The molecule has 0 fully saturated rings. The van der Waals surface area contributed by atoms with Crippen molar-refractivity contribution in [3.8, 4) is 5.75 Å². The third kappa shape index (κ3) is 4.54. The Bertz CT molecular complexity index is 881. The summed E-state index contributed by atoms with van der Waals surface area (Å²) in [7, 11) is -2.18. The van der Waals surface area contributed by atoms with Gasteiger partial charge in [0.25, 0.3) is 0 Å². The molecule has 0 aromatic heterocycles. The minimum Gasteiger partial charge on any atom is -0.497 e. The van der Waals surface area contributed by atoms with Crippen molar-refractivity contribution in [2.75, 3.05) is 23.0 Å². The average Bonchev–Trinajstić information content (AvgIpc) is 2.61. The fraction of sp³-hybridized carbons (Fsp3) is 0.316. The van der Waals surface area contributed by atoms with Crippen molar-refractivity contribution in [1.29, 1.82) is 0 Å². The summed E-state index contributed by atoms with van der Waals surface area (Å²) in [6.45, 7) is 3.55. The summed E-state index contributed by atoms with van der Waals surface area (Å²) in [5.74, 6) is 0.110. The number of nitrogens with one attached hydrogen (secondary N) is 1. The Balaban J connectivity index is 2.34. The lowest BCUT2D eigenvalue weighted by molar-refractivity contribution is -0.116. The molecule has 0 saturated carbocycles. The summed E-state index contributed by atoms with van der Waals surface area (Å²) in [6.07, 6.45) is 1.84. The molecule has 1 amide bonds. The van der Waals surface area contributed by atoms with Crippen LogP contribution in [0, 0.1) is 0 Å². The molecule has 26 heavy (non-hydrogen) atoms. The summed E-state index contributed by atoms with van der Waals surface area (Å²) >= 11 is 0. The normalized spacial score (nSPS) is 12.3. The minimum atomic E-state index is -3.68. The second-order valence-corrected chi connectivity index (χ2v) is 7.80. The predicted molar refractivity (Wildman–Crippen MR) is 104 cm³/mol. The van der Waals surface area contributed by atoms with Crippen LogP contribution in [0.1, 0.15) is 19.4 Å². The first kappa shape index (κ1) is 19.8. The molecule has 2 aromatic carbocycles. The average molecular weight is 376 g/mol. The van der Waals surface area contributed by atoms with Crippen molar-refractivity contribution in [3.63, 3.8) is 0 Å². The molecule has 140 valence electrons. The van der Waals surface area contributed by atoms with E-state index in [2.05, 4.69) is 5.32 Å². The number of benzene rings is 2. The number of methoxy groups -OCH3 is 1. The number of amides is 1. The standard InChI is InChI=1S/C19H24N2O4S/c1-5-15-9-6-7-12-18(15)20-19(22)14(2)21(26(4,23)24)16-10-8-11-17(13-16)25-3/h6-14H,5H2,1-4H3,(H,20,22). The van der Waals surface area contributed by atoms with Crippen molar-refractivity contribution >= 4 is 27.3 Å². The molecule has 2 rings (SSSR count).